The Labute approximate surface area is 213 Å². The molecular weight excluding hydrogens is 454 g/mol. The topological polar surface area (TPSA) is 74.2 Å². The number of ether oxygens (including phenoxy) is 3. The van der Waals surface area contributed by atoms with E-state index in [1.807, 2.05) is 93.6 Å². The molecule has 6 nitrogen and oxygen atoms in total. The number of aliphatic imine (C=N–C) groups is 1. The summed E-state index contributed by atoms with van der Waals surface area (Å²) in [5.41, 5.74) is 2.72. The zero-order chi connectivity index (χ0) is 26.1. The first-order valence-electron chi connectivity index (χ1n) is 12.2. The lowest BCUT2D eigenvalue weighted by atomic mass is 9.98. The van der Waals surface area contributed by atoms with E-state index in [1.165, 1.54) is 6.92 Å². The maximum Gasteiger partial charge on any atom is 0.331 e. The molecule has 0 N–H and O–H groups in total. The van der Waals surface area contributed by atoms with Crippen LogP contribution in [0.2, 0.25) is 0 Å². The van der Waals surface area contributed by atoms with Gasteiger partial charge in [-0.15, -0.1) is 0 Å². The molecule has 2 aromatic rings. The molecule has 3 rings (SSSR count). The van der Waals surface area contributed by atoms with E-state index in [4.69, 9.17) is 19.2 Å². The van der Waals surface area contributed by atoms with E-state index in [-0.39, 0.29) is 24.8 Å². The number of rotatable bonds is 9. The molecular formula is C30H35NO5. The van der Waals surface area contributed by atoms with Gasteiger partial charge in [0.15, 0.2) is 6.04 Å². The number of hydrogen-bond donors (Lipinski definition) is 0. The standard InChI is InChI=1S/C30H35NO5/c1-21(18-25-16-17-26(20-34-25)35-22(2)32)19-27(29(33)36-30(3,4)5)31-28(23-12-8-6-9-13-23)24-14-10-7-11-15-24/h6-17,25-27H,1,18-20H2,2-5H3/t25-,26+,27-/m0/s1. The quantitative estimate of drug-likeness (QED) is 0.266. The van der Waals surface area contributed by atoms with E-state index >= 15 is 0 Å². The maximum atomic E-state index is 13.3. The van der Waals surface area contributed by atoms with Gasteiger partial charge in [0.2, 0.25) is 0 Å². The number of nitrogens with zero attached hydrogens (tertiary/aromatic N) is 1. The Kier molecular flexibility index (Phi) is 9.37. The summed E-state index contributed by atoms with van der Waals surface area (Å²) in [7, 11) is 0. The SMILES string of the molecule is C=C(C[C@H](N=C(c1ccccc1)c1ccccc1)C(=O)OC(C)(C)C)C[C@@H]1C=C[C@@H](OC(C)=O)CO1. The summed E-state index contributed by atoms with van der Waals surface area (Å²) >= 11 is 0. The Morgan fingerprint density at radius 2 is 1.61 bits per heavy atom. The van der Waals surface area contributed by atoms with Gasteiger partial charge in [0.05, 0.1) is 18.4 Å². The molecule has 0 spiro atoms. The summed E-state index contributed by atoms with van der Waals surface area (Å²) in [4.78, 5) is 29.4. The smallest absolute Gasteiger partial charge is 0.331 e. The second kappa shape index (κ2) is 12.5. The van der Waals surface area contributed by atoms with Crippen molar-refractivity contribution in [3.63, 3.8) is 0 Å². The molecule has 6 heteroatoms. The summed E-state index contributed by atoms with van der Waals surface area (Å²) < 4.78 is 16.7. The average Bonchev–Trinajstić information content (AvgIpc) is 2.82. The monoisotopic (exact) mass is 489 g/mol. The van der Waals surface area contributed by atoms with Gasteiger partial charge in [-0.2, -0.15) is 0 Å². The van der Waals surface area contributed by atoms with E-state index in [0.717, 1.165) is 22.4 Å². The second-order valence-electron chi connectivity index (χ2n) is 9.82. The largest absolute Gasteiger partial charge is 0.458 e. The third-order valence-electron chi connectivity index (χ3n) is 5.36. The minimum atomic E-state index is -0.770. The average molecular weight is 490 g/mol. The number of carbonyl (C=O) groups excluding carboxylic acids is 2. The van der Waals surface area contributed by atoms with E-state index in [0.29, 0.717) is 12.8 Å². The Balaban J connectivity index is 1.84. The minimum Gasteiger partial charge on any atom is -0.458 e. The summed E-state index contributed by atoms with van der Waals surface area (Å²) in [6.07, 6.45) is 3.94. The zero-order valence-corrected chi connectivity index (χ0v) is 21.5. The van der Waals surface area contributed by atoms with Crippen LogP contribution < -0.4 is 0 Å². The molecule has 1 heterocycles. The van der Waals surface area contributed by atoms with E-state index in [9.17, 15) is 9.59 Å². The Morgan fingerprint density at radius 3 is 2.08 bits per heavy atom. The van der Waals surface area contributed by atoms with Crippen molar-refractivity contribution in [1.29, 1.82) is 0 Å². The third-order valence-corrected chi connectivity index (χ3v) is 5.36. The number of benzene rings is 2. The number of carbonyl (C=O) groups is 2. The van der Waals surface area contributed by atoms with Crippen molar-refractivity contribution < 1.29 is 23.8 Å². The molecule has 3 atom stereocenters. The summed E-state index contributed by atoms with van der Waals surface area (Å²) in [5.74, 6) is -0.746. The molecule has 0 amide bonds. The van der Waals surface area contributed by atoms with Crippen LogP contribution in [0, 0.1) is 0 Å². The molecule has 190 valence electrons. The van der Waals surface area contributed by atoms with Gasteiger partial charge in [-0.3, -0.25) is 9.79 Å². The van der Waals surface area contributed by atoms with Crippen LogP contribution in [0.25, 0.3) is 0 Å². The normalized spacial score (nSPS) is 18.1. The second-order valence-corrected chi connectivity index (χ2v) is 9.82. The molecule has 0 saturated carbocycles. The Bertz CT molecular complexity index is 1060. The zero-order valence-electron chi connectivity index (χ0n) is 21.5. The highest BCUT2D eigenvalue weighted by atomic mass is 16.6. The highest BCUT2D eigenvalue weighted by Crippen LogP contribution is 2.23. The lowest BCUT2D eigenvalue weighted by Gasteiger charge is -2.26. The fourth-order valence-electron chi connectivity index (χ4n) is 3.85. The molecule has 0 aliphatic carbocycles. The molecule has 36 heavy (non-hydrogen) atoms. The fourth-order valence-corrected chi connectivity index (χ4v) is 3.85. The number of esters is 2. The Hall–Kier alpha value is -3.51. The van der Waals surface area contributed by atoms with Crippen LogP contribution in [-0.4, -0.2) is 48.1 Å². The van der Waals surface area contributed by atoms with Gasteiger partial charge < -0.3 is 14.2 Å². The van der Waals surface area contributed by atoms with Crippen LogP contribution in [0.1, 0.15) is 51.7 Å². The molecule has 2 aromatic carbocycles. The highest BCUT2D eigenvalue weighted by molar-refractivity contribution is 6.13. The van der Waals surface area contributed by atoms with E-state index in [1.54, 1.807) is 0 Å². The lowest BCUT2D eigenvalue weighted by molar-refractivity contribution is -0.156. The summed E-state index contributed by atoms with van der Waals surface area (Å²) in [6, 6.07) is 18.8. The maximum absolute atomic E-state index is 13.3. The van der Waals surface area contributed by atoms with Crippen LogP contribution in [0.15, 0.2) is 90.0 Å². The van der Waals surface area contributed by atoms with Gasteiger partial charge in [0.25, 0.3) is 0 Å². The van der Waals surface area contributed by atoms with Crippen LogP contribution in [0.3, 0.4) is 0 Å². The predicted molar refractivity (Wildman–Crippen MR) is 141 cm³/mol. The van der Waals surface area contributed by atoms with Crippen molar-refractivity contribution >= 4 is 17.7 Å². The van der Waals surface area contributed by atoms with Crippen molar-refractivity contribution in [2.75, 3.05) is 6.61 Å². The molecule has 0 unspecified atom stereocenters. The van der Waals surface area contributed by atoms with Gasteiger partial charge in [-0.1, -0.05) is 78.9 Å². The van der Waals surface area contributed by atoms with E-state index < -0.39 is 17.6 Å². The molecule has 0 saturated heterocycles. The highest BCUT2D eigenvalue weighted by Gasteiger charge is 2.28. The van der Waals surface area contributed by atoms with Crippen LogP contribution in [-0.2, 0) is 23.8 Å². The van der Waals surface area contributed by atoms with Crippen LogP contribution in [0.4, 0.5) is 0 Å². The van der Waals surface area contributed by atoms with Gasteiger partial charge in [0.1, 0.15) is 11.7 Å². The van der Waals surface area contributed by atoms with Crippen molar-refractivity contribution in [3.8, 4) is 0 Å². The molecule has 0 aromatic heterocycles. The predicted octanol–water partition coefficient (Wildman–Crippen LogP) is 5.46. The van der Waals surface area contributed by atoms with Crippen LogP contribution in [0.5, 0.6) is 0 Å². The Morgan fingerprint density at radius 1 is 1.03 bits per heavy atom. The van der Waals surface area contributed by atoms with Gasteiger partial charge in [0, 0.05) is 24.5 Å². The third kappa shape index (κ3) is 8.61. The summed E-state index contributed by atoms with van der Waals surface area (Å²) in [6.45, 7) is 11.4. The number of hydrogen-bond acceptors (Lipinski definition) is 6. The summed E-state index contributed by atoms with van der Waals surface area (Å²) in [5, 5.41) is 0. The van der Waals surface area contributed by atoms with Crippen molar-refractivity contribution in [3.05, 3.63) is 96.1 Å². The van der Waals surface area contributed by atoms with Crippen molar-refractivity contribution in [2.45, 2.75) is 64.4 Å². The molecule has 1 aliphatic rings. The van der Waals surface area contributed by atoms with Gasteiger partial charge in [-0.05, 0) is 33.3 Å². The molecule has 1 aliphatic heterocycles. The fraction of sp³-hybridized carbons (Fsp3) is 0.367. The molecule has 0 radical (unpaired) electrons. The minimum absolute atomic E-state index is 0.213. The molecule has 0 bridgehead atoms. The lowest BCUT2D eigenvalue weighted by Crippen LogP contribution is -2.32. The first-order valence-corrected chi connectivity index (χ1v) is 12.2. The van der Waals surface area contributed by atoms with Crippen molar-refractivity contribution in [1.82, 2.24) is 0 Å². The first-order chi connectivity index (χ1) is 17.1. The first kappa shape index (κ1) is 27.1. The van der Waals surface area contributed by atoms with Gasteiger partial charge in [-0.25, -0.2) is 4.79 Å². The molecule has 0 fully saturated rings. The van der Waals surface area contributed by atoms with Crippen LogP contribution >= 0.6 is 0 Å². The van der Waals surface area contributed by atoms with Crippen molar-refractivity contribution in [2.24, 2.45) is 4.99 Å². The van der Waals surface area contributed by atoms with Gasteiger partial charge >= 0.3 is 11.9 Å². The van der Waals surface area contributed by atoms with E-state index in [2.05, 4.69) is 6.58 Å².